The number of allylic oxidation sites excluding steroid dienone is 2. The third-order valence-corrected chi connectivity index (χ3v) is 4.44. The van der Waals surface area contributed by atoms with Crippen LogP contribution in [0.5, 0.6) is 0 Å². The minimum absolute atomic E-state index is 0.0406. The molecule has 2 aromatic rings. The molecule has 1 aromatic carbocycles. The van der Waals surface area contributed by atoms with Gasteiger partial charge in [0.2, 0.25) is 5.16 Å². The molecule has 0 atom stereocenters. The topological polar surface area (TPSA) is 124 Å². The normalized spacial score (nSPS) is 11.8. The fraction of sp³-hybridized carbons (Fsp3) is 0.143. The smallest absolute Gasteiger partial charge is 0.210 e. The van der Waals surface area contributed by atoms with Crippen LogP contribution in [-0.2, 0) is 4.79 Å². The molecule has 0 aliphatic carbocycles. The van der Waals surface area contributed by atoms with E-state index in [0.29, 0.717) is 26.6 Å². The zero-order valence-electron chi connectivity index (χ0n) is 12.5. The van der Waals surface area contributed by atoms with Crippen molar-refractivity contribution < 1.29 is 4.79 Å². The Hall–Kier alpha value is -2.21. The average Bonchev–Trinajstić information content (AvgIpc) is 2.86. The molecule has 4 N–H and O–H groups in total. The first kappa shape index (κ1) is 18.1. The number of carbonyl (C=O) groups excluding carboxylic acids is 1. The van der Waals surface area contributed by atoms with Crippen molar-refractivity contribution in [3.63, 3.8) is 0 Å². The molecule has 0 unspecified atom stereocenters. The van der Waals surface area contributed by atoms with E-state index in [1.54, 1.807) is 24.3 Å². The molecular weight excluding hydrogens is 371 g/mol. The number of thioether (sulfide) groups is 1. The Bertz CT molecular complexity index is 867. The number of benzene rings is 1. The van der Waals surface area contributed by atoms with Gasteiger partial charge in [0, 0.05) is 16.3 Å². The third kappa shape index (κ3) is 3.82. The lowest BCUT2D eigenvalue weighted by Crippen LogP contribution is -2.14. The van der Waals surface area contributed by atoms with Crippen molar-refractivity contribution in [2.45, 2.75) is 12.1 Å². The molecule has 0 aliphatic heterocycles. The summed E-state index contributed by atoms with van der Waals surface area (Å²) >= 11 is 13.0. The maximum absolute atomic E-state index is 12.0. The van der Waals surface area contributed by atoms with Gasteiger partial charge in [0.05, 0.1) is 10.8 Å². The van der Waals surface area contributed by atoms with E-state index in [1.165, 1.54) is 11.6 Å². The lowest BCUT2D eigenvalue weighted by atomic mass is 10.2. The minimum Gasteiger partial charge on any atom is -0.401 e. The standard InChI is InChI=1S/C14H12Cl2N6OS/c1-7(18)10(5-17)12(23)6-24-14-21-20-13(22(14)19)9-3-2-8(15)4-11(9)16/h2-4H,6,18-19H2,1H3/b10-7-. The monoisotopic (exact) mass is 382 g/mol. The summed E-state index contributed by atoms with van der Waals surface area (Å²) in [4.78, 5) is 12.0. The number of halogens is 2. The first-order chi connectivity index (χ1) is 11.3. The van der Waals surface area contributed by atoms with Crippen molar-refractivity contribution in [2.75, 3.05) is 11.6 Å². The SMILES string of the molecule is C/C(N)=C(\C#N)C(=O)CSc1nnc(-c2ccc(Cl)cc2Cl)n1N. The van der Waals surface area contributed by atoms with Gasteiger partial charge in [-0.2, -0.15) is 5.26 Å². The summed E-state index contributed by atoms with van der Waals surface area (Å²) in [6.45, 7) is 1.49. The molecule has 24 heavy (non-hydrogen) atoms. The molecule has 1 heterocycles. The molecule has 0 fully saturated rings. The van der Waals surface area contributed by atoms with Crippen LogP contribution < -0.4 is 11.6 Å². The van der Waals surface area contributed by atoms with Crippen LogP contribution in [-0.4, -0.2) is 26.4 Å². The maximum Gasteiger partial charge on any atom is 0.210 e. The number of carbonyl (C=O) groups is 1. The molecule has 0 saturated carbocycles. The first-order valence-electron chi connectivity index (χ1n) is 6.53. The first-order valence-corrected chi connectivity index (χ1v) is 8.27. The molecule has 2 rings (SSSR count). The van der Waals surface area contributed by atoms with Gasteiger partial charge in [0.15, 0.2) is 11.6 Å². The summed E-state index contributed by atoms with van der Waals surface area (Å²) < 4.78 is 1.22. The number of nitrogen functional groups attached to an aromatic ring is 1. The minimum atomic E-state index is -0.406. The Morgan fingerprint density at radius 3 is 2.71 bits per heavy atom. The van der Waals surface area contributed by atoms with Gasteiger partial charge in [-0.15, -0.1) is 10.2 Å². The van der Waals surface area contributed by atoms with Crippen LogP contribution in [0.25, 0.3) is 11.4 Å². The molecule has 0 saturated heterocycles. The molecule has 0 amide bonds. The predicted molar refractivity (Wildman–Crippen MR) is 93.9 cm³/mol. The number of rotatable bonds is 5. The Morgan fingerprint density at radius 2 is 2.12 bits per heavy atom. The van der Waals surface area contributed by atoms with Gasteiger partial charge in [0.1, 0.15) is 11.6 Å². The van der Waals surface area contributed by atoms with Gasteiger partial charge in [-0.05, 0) is 25.1 Å². The van der Waals surface area contributed by atoms with E-state index in [9.17, 15) is 4.79 Å². The zero-order valence-corrected chi connectivity index (χ0v) is 14.8. The highest BCUT2D eigenvalue weighted by Crippen LogP contribution is 2.30. The van der Waals surface area contributed by atoms with Gasteiger partial charge in [0.25, 0.3) is 0 Å². The number of nitriles is 1. The summed E-state index contributed by atoms with van der Waals surface area (Å²) in [5, 5.41) is 18.0. The number of hydrogen-bond donors (Lipinski definition) is 2. The molecule has 0 bridgehead atoms. The van der Waals surface area contributed by atoms with Gasteiger partial charge in [-0.1, -0.05) is 35.0 Å². The summed E-state index contributed by atoms with van der Waals surface area (Å²) in [5.74, 6) is 5.85. The predicted octanol–water partition coefficient (Wildman–Crippen LogP) is 2.38. The number of Topliss-reactive ketones (excluding diaryl/α,β-unsaturated/α-hetero) is 1. The number of hydrogen-bond acceptors (Lipinski definition) is 7. The van der Waals surface area contributed by atoms with Crippen molar-refractivity contribution in [2.24, 2.45) is 5.73 Å². The fourth-order valence-electron chi connectivity index (χ4n) is 1.80. The van der Waals surface area contributed by atoms with Crippen molar-refractivity contribution in [1.82, 2.24) is 14.9 Å². The Balaban J connectivity index is 2.21. The summed E-state index contributed by atoms with van der Waals surface area (Å²) in [5.41, 5.74) is 6.15. The van der Waals surface area contributed by atoms with E-state index in [2.05, 4.69) is 10.2 Å². The van der Waals surface area contributed by atoms with Crippen molar-refractivity contribution in [3.8, 4) is 17.5 Å². The lowest BCUT2D eigenvalue weighted by Gasteiger charge is -2.05. The van der Waals surface area contributed by atoms with E-state index >= 15 is 0 Å². The van der Waals surface area contributed by atoms with Crippen LogP contribution in [0.15, 0.2) is 34.6 Å². The molecule has 0 aliphatic rings. The van der Waals surface area contributed by atoms with Gasteiger partial charge in [-0.3, -0.25) is 4.79 Å². The van der Waals surface area contributed by atoms with Crippen LogP contribution in [0.3, 0.4) is 0 Å². The van der Waals surface area contributed by atoms with E-state index in [0.717, 1.165) is 11.8 Å². The zero-order chi connectivity index (χ0) is 17.9. The van der Waals surface area contributed by atoms with Crippen molar-refractivity contribution in [3.05, 3.63) is 39.5 Å². The van der Waals surface area contributed by atoms with Gasteiger partial charge >= 0.3 is 0 Å². The second-order valence-electron chi connectivity index (χ2n) is 4.68. The highest BCUT2D eigenvalue weighted by atomic mass is 35.5. The largest absolute Gasteiger partial charge is 0.401 e. The lowest BCUT2D eigenvalue weighted by molar-refractivity contribution is -0.112. The molecule has 0 spiro atoms. The van der Waals surface area contributed by atoms with Gasteiger partial charge in [-0.25, -0.2) is 4.68 Å². The molecule has 124 valence electrons. The highest BCUT2D eigenvalue weighted by molar-refractivity contribution is 7.99. The van der Waals surface area contributed by atoms with E-state index in [1.807, 2.05) is 0 Å². The van der Waals surface area contributed by atoms with Crippen molar-refractivity contribution >= 4 is 40.7 Å². The van der Waals surface area contributed by atoms with Crippen LogP contribution >= 0.6 is 35.0 Å². The molecular formula is C14H12Cl2N6OS. The number of nitrogens with two attached hydrogens (primary N) is 2. The second-order valence-corrected chi connectivity index (χ2v) is 6.47. The van der Waals surface area contributed by atoms with Crippen LogP contribution in [0, 0.1) is 11.3 Å². The number of nitrogens with zero attached hydrogens (tertiary/aromatic N) is 4. The van der Waals surface area contributed by atoms with Crippen LogP contribution in [0.4, 0.5) is 0 Å². The number of aromatic nitrogens is 3. The number of ketones is 1. The van der Waals surface area contributed by atoms with Crippen LogP contribution in [0.2, 0.25) is 10.0 Å². The van der Waals surface area contributed by atoms with E-state index in [-0.39, 0.29) is 17.0 Å². The van der Waals surface area contributed by atoms with Crippen LogP contribution in [0.1, 0.15) is 6.92 Å². The Labute approximate surface area is 152 Å². The summed E-state index contributed by atoms with van der Waals surface area (Å²) in [7, 11) is 0. The molecule has 1 aromatic heterocycles. The summed E-state index contributed by atoms with van der Waals surface area (Å²) in [6, 6.07) is 6.68. The van der Waals surface area contributed by atoms with E-state index in [4.69, 9.17) is 40.0 Å². The Kier molecular flexibility index (Phi) is 5.72. The quantitative estimate of drug-likeness (QED) is 0.352. The Morgan fingerprint density at radius 1 is 1.42 bits per heavy atom. The highest BCUT2D eigenvalue weighted by Gasteiger charge is 2.18. The summed E-state index contributed by atoms with van der Waals surface area (Å²) in [6.07, 6.45) is 0. The third-order valence-electron chi connectivity index (χ3n) is 2.95. The van der Waals surface area contributed by atoms with E-state index < -0.39 is 5.78 Å². The fourth-order valence-corrected chi connectivity index (χ4v) is 3.02. The molecule has 7 nitrogen and oxygen atoms in total. The maximum atomic E-state index is 12.0. The van der Waals surface area contributed by atoms with Gasteiger partial charge < -0.3 is 11.6 Å². The van der Waals surface area contributed by atoms with Crippen molar-refractivity contribution in [1.29, 1.82) is 5.26 Å². The molecule has 10 heteroatoms. The molecule has 0 radical (unpaired) electrons. The second kappa shape index (κ2) is 7.57. The average molecular weight is 383 g/mol.